The number of carbonyl (C=O) groups is 2. The number of hydrogen-bond acceptors (Lipinski definition) is 6. The second kappa shape index (κ2) is 7.20. The van der Waals surface area contributed by atoms with Gasteiger partial charge >= 0.3 is 12.1 Å². The minimum Gasteiger partial charge on any atom is -0.429 e. The van der Waals surface area contributed by atoms with Crippen molar-refractivity contribution in [2.75, 3.05) is 0 Å². The molecule has 1 atom stereocenters. The number of carbonyl (C=O) groups excluding carboxylic acids is 2. The predicted molar refractivity (Wildman–Crippen MR) is 72.8 cm³/mol. The van der Waals surface area contributed by atoms with Gasteiger partial charge < -0.3 is 15.2 Å². The molecule has 1 aromatic heterocycles. The van der Waals surface area contributed by atoms with Crippen LogP contribution in [0.4, 0.5) is 4.79 Å². The molecule has 2 N–H and O–H groups in total. The maximum Gasteiger partial charge on any atom is 0.516 e. The van der Waals surface area contributed by atoms with Crippen molar-refractivity contribution in [2.45, 2.75) is 19.2 Å². The van der Waals surface area contributed by atoms with Crippen LogP contribution in [0.5, 0.6) is 0 Å². The molecule has 1 aromatic carbocycles. The number of nitrogens with zero attached hydrogens (tertiary/aromatic N) is 2. The first-order chi connectivity index (χ1) is 10.1. The summed E-state index contributed by atoms with van der Waals surface area (Å²) in [5, 5.41) is 3.89. The van der Waals surface area contributed by atoms with Crippen molar-refractivity contribution in [3.63, 3.8) is 0 Å². The Morgan fingerprint density at radius 3 is 2.67 bits per heavy atom. The summed E-state index contributed by atoms with van der Waals surface area (Å²) in [7, 11) is 0. The van der Waals surface area contributed by atoms with Gasteiger partial charge in [-0.15, -0.1) is 0 Å². The van der Waals surface area contributed by atoms with Gasteiger partial charge in [0.2, 0.25) is 0 Å². The molecule has 0 saturated carbocycles. The summed E-state index contributed by atoms with van der Waals surface area (Å²) in [5.41, 5.74) is 6.53. The Hall–Kier alpha value is -2.67. The van der Waals surface area contributed by atoms with Crippen LogP contribution in [0.1, 0.15) is 18.2 Å². The van der Waals surface area contributed by atoms with Gasteiger partial charge in [-0.3, -0.25) is 9.48 Å². The van der Waals surface area contributed by atoms with Crippen LogP contribution in [0.2, 0.25) is 0 Å². The van der Waals surface area contributed by atoms with Gasteiger partial charge in [0.15, 0.2) is 0 Å². The molecule has 7 nitrogen and oxygen atoms in total. The highest BCUT2D eigenvalue weighted by Crippen LogP contribution is 2.06. The first-order valence-corrected chi connectivity index (χ1v) is 6.31. The average Bonchev–Trinajstić information content (AvgIpc) is 3.00. The fourth-order valence-electron chi connectivity index (χ4n) is 1.62. The molecule has 2 aromatic rings. The minimum absolute atomic E-state index is 0.0398. The van der Waals surface area contributed by atoms with Gasteiger partial charge in [-0.2, -0.15) is 5.10 Å². The number of benzene rings is 1. The van der Waals surface area contributed by atoms with E-state index in [0.717, 1.165) is 5.56 Å². The molecule has 0 fully saturated rings. The summed E-state index contributed by atoms with van der Waals surface area (Å²) in [6, 6.07) is 10.8. The van der Waals surface area contributed by atoms with Crippen molar-refractivity contribution in [3.8, 4) is 0 Å². The topological polar surface area (TPSA) is 96.4 Å². The predicted octanol–water partition coefficient (Wildman–Crippen LogP) is 1.61. The second-order valence-corrected chi connectivity index (χ2v) is 4.26. The van der Waals surface area contributed by atoms with Crippen molar-refractivity contribution in [1.29, 1.82) is 0 Å². The summed E-state index contributed by atoms with van der Waals surface area (Å²) < 4.78 is 10.7. The molecule has 0 unspecified atom stereocenters. The van der Waals surface area contributed by atoms with E-state index < -0.39 is 18.3 Å². The molecule has 0 spiro atoms. The number of rotatable bonds is 5. The number of aromatic nitrogens is 2. The highest BCUT2D eigenvalue weighted by Gasteiger charge is 2.17. The lowest BCUT2D eigenvalue weighted by Crippen LogP contribution is -2.25. The molecule has 0 radical (unpaired) electrons. The Balaban J connectivity index is 1.73. The standard InChI is InChI=1S/C14H15N3O4/c15-12(17-8-4-7-16-17)9-13(18)21-14(19)20-10-11-5-2-1-3-6-11/h1-8,12H,9-10,15H2/t12-/m0/s1. The summed E-state index contributed by atoms with van der Waals surface area (Å²) in [4.78, 5) is 22.9. The quantitative estimate of drug-likeness (QED) is 0.663. The lowest BCUT2D eigenvalue weighted by molar-refractivity contribution is -0.140. The number of ether oxygens (including phenoxy) is 2. The fraction of sp³-hybridized carbons (Fsp3) is 0.214. The van der Waals surface area contributed by atoms with E-state index in [1.54, 1.807) is 30.6 Å². The van der Waals surface area contributed by atoms with Gasteiger partial charge in [0, 0.05) is 12.4 Å². The summed E-state index contributed by atoms with van der Waals surface area (Å²) in [6.45, 7) is 0.0398. The monoisotopic (exact) mass is 289 g/mol. The Bertz CT molecular complexity index is 584. The molecular weight excluding hydrogens is 274 g/mol. The molecule has 110 valence electrons. The zero-order valence-electron chi connectivity index (χ0n) is 11.2. The zero-order valence-corrected chi connectivity index (χ0v) is 11.2. The van der Waals surface area contributed by atoms with E-state index in [9.17, 15) is 9.59 Å². The van der Waals surface area contributed by atoms with Gasteiger partial charge in [-0.05, 0) is 11.6 Å². The second-order valence-electron chi connectivity index (χ2n) is 4.26. The van der Waals surface area contributed by atoms with Crippen molar-refractivity contribution < 1.29 is 19.1 Å². The molecule has 0 bridgehead atoms. The van der Waals surface area contributed by atoms with E-state index in [2.05, 4.69) is 9.84 Å². The van der Waals surface area contributed by atoms with Crippen LogP contribution in [0.3, 0.4) is 0 Å². The van der Waals surface area contributed by atoms with Crippen molar-refractivity contribution >= 4 is 12.1 Å². The third kappa shape index (κ3) is 4.73. The summed E-state index contributed by atoms with van der Waals surface area (Å²) in [6.07, 6.45) is 1.25. The van der Waals surface area contributed by atoms with E-state index in [0.29, 0.717) is 0 Å². The molecule has 21 heavy (non-hydrogen) atoms. The molecule has 0 amide bonds. The molecular formula is C14H15N3O4. The van der Waals surface area contributed by atoms with Gasteiger partial charge in [0.05, 0.1) is 6.42 Å². The molecule has 0 aliphatic rings. The molecule has 0 aliphatic carbocycles. The van der Waals surface area contributed by atoms with Gasteiger partial charge in [0.25, 0.3) is 0 Å². The largest absolute Gasteiger partial charge is 0.516 e. The van der Waals surface area contributed by atoms with E-state index in [1.165, 1.54) is 4.68 Å². The first kappa shape index (κ1) is 14.7. The van der Waals surface area contributed by atoms with E-state index in [1.807, 2.05) is 18.2 Å². The molecule has 1 heterocycles. The molecule has 7 heteroatoms. The summed E-state index contributed by atoms with van der Waals surface area (Å²) >= 11 is 0. The van der Waals surface area contributed by atoms with Crippen LogP contribution >= 0.6 is 0 Å². The smallest absolute Gasteiger partial charge is 0.429 e. The van der Waals surface area contributed by atoms with Crippen LogP contribution < -0.4 is 5.73 Å². The Morgan fingerprint density at radius 1 is 1.24 bits per heavy atom. The minimum atomic E-state index is -1.04. The summed E-state index contributed by atoms with van der Waals surface area (Å²) in [5.74, 6) is -0.768. The number of hydrogen-bond donors (Lipinski definition) is 1. The van der Waals surface area contributed by atoms with Crippen molar-refractivity contribution in [3.05, 3.63) is 54.4 Å². The first-order valence-electron chi connectivity index (χ1n) is 6.31. The van der Waals surface area contributed by atoms with Crippen LogP contribution in [-0.2, 0) is 20.9 Å². The fourth-order valence-corrected chi connectivity index (χ4v) is 1.62. The third-order valence-electron chi connectivity index (χ3n) is 2.64. The van der Waals surface area contributed by atoms with Gasteiger partial charge in [-0.25, -0.2) is 4.79 Å². The van der Waals surface area contributed by atoms with Gasteiger partial charge in [-0.1, -0.05) is 30.3 Å². The maximum atomic E-state index is 11.5. The van der Waals surface area contributed by atoms with E-state index in [4.69, 9.17) is 10.5 Å². The molecule has 2 rings (SSSR count). The molecule has 0 aliphatic heterocycles. The van der Waals surface area contributed by atoms with Crippen molar-refractivity contribution in [1.82, 2.24) is 9.78 Å². The molecule has 0 saturated heterocycles. The van der Waals surface area contributed by atoms with Gasteiger partial charge in [0.1, 0.15) is 12.8 Å². The average molecular weight is 289 g/mol. The van der Waals surface area contributed by atoms with Crippen LogP contribution in [0.15, 0.2) is 48.8 Å². The Labute approximate surface area is 121 Å². The van der Waals surface area contributed by atoms with E-state index >= 15 is 0 Å². The van der Waals surface area contributed by atoms with Crippen LogP contribution in [-0.4, -0.2) is 21.9 Å². The van der Waals surface area contributed by atoms with Crippen LogP contribution in [0, 0.1) is 0 Å². The highest BCUT2D eigenvalue weighted by molar-refractivity contribution is 5.81. The number of nitrogens with two attached hydrogens (primary N) is 1. The third-order valence-corrected chi connectivity index (χ3v) is 2.64. The lowest BCUT2D eigenvalue weighted by atomic mass is 10.2. The maximum absolute atomic E-state index is 11.5. The van der Waals surface area contributed by atoms with E-state index in [-0.39, 0.29) is 13.0 Å². The Kier molecular flexibility index (Phi) is 5.05. The zero-order chi connectivity index (χ0) is 15.1. The lowest BCUT2D eigenvalue weighted by Gasteiger charge is -2.11. The van der Waals surface area contributed by atoms with Crippen molar-refractivity contribution in [2.24, 2.45) is 5.73 Å². The highest BCUT2D eigenvalue weighted by atomic mass is 16.7. The SMILES string of the molecule is N[C@H](CC(=O)OC(=O)OCc1ccccc1)n1cccn1. The Morgan fingerprint density at radius 2 is 2.00 bits per heavy atom. The normalized spacial score (nSPS) is 11.7. The van der Waals surface area contributed by atoms with Crippen LogP contribution in [0.25, 0.3) is 0 Å². The number of esters is 1.